The van der Waals surface area contributed by atoms with Gasteiger partial charge in [-0.1, -0.05) is 176 Å². The molecule has 4 nitrogen and oxygen atoms in total. The molecule has 8 aromatic carbocycles. The molecule has 2 aliphatic rings. The molecule has 0 bridgehead atoms. The maximum Gasteiger partial charge on any atom is 0.260 e. The van der Waals surface area contributed by atoms with Gasteiger partial charge in [-0.2, -0.15) is 0 Å². The zero-order chi connectivity index (χ0) is 37.7. The van der Waals surface area contributed by atoms with Crippen molar-refractivity contribution in [2.24, 2.45) is 0 Å². The van der Waals surface area contributed by atoms with E-state index in [0.717, 1.165) is 95.1 Å². The largest absolute Gasteiger partial charge is 0.458 e. The predicted octanol–water partition coefficient (Wildman–Crippen LogP) is 11.2. The van der Waals surface area contributed by atoms with Crippen LogP contribution in [0, 0.1) is 0 Å². The minimum absolute atomic E-state index is 0.205. The third-order valence-electron chi connectivity index (χ3n) is 11.0. The second kappa shape index (κ2) is 13.7. The highest BCUT2D eigenvalue weighted by Crippen LogP contribution is 2.46. The second-order valence-corrected chi connectivity index (χ2v) is 14.5. The highest BCUT2D eigenvalue weighted by molar-refractivity contribution is 6.98. The van der Waals surface area contributed by atoms with Crippen LogP contribution in [0.4, 0.5) is 0 Å². The van der Waals surface area contributed by atoms with Crippen LogP contribution >= 0.6 is 0 Å². The quantitative estimate of drug-likeness (QED) is 0.160. The first-order valence-corrected chi connectivity index (χ1v) is 19.3. The van der Waals surface area contributed by atoms with Crippen LogP contribution in [0.2, 0.25) is 0 Å². The first kappa shape index (κ1) is 32.9. The van der Waals surface area contributed by atoms with Gasteiger partial charge in [-0.15, -0.1) is 0 Å². The molecule has 0 atom stereocenters. The molecule has 0 amide bonds. The fourth-order valence-corrected chi connectivity index (χ4v) is 8.28. The van der Waals surface area contributed by atoms with Crippen LogP contribution in [-0.4, -0.2) is 16.7 Å². The van der Waals surface area contributed by atoms with E-state index in [2.05, 4.69) is 158 Å². The van der Waals surface area contributed by atoms with Crippen LogP contribution in [0.5, 0.6) is 23.0 Å². The topological polar surface area (TPSA) is 44.2 Å². The van der Waals surface area contributed by atoms with Crippen molar-refractivity contribution in [3.8, 4) is 90.3 Å². The first-order chi connectivity index (χ1) is 28.2. The normalized spacial score (nSPS) is 12.1. The number of rotatable bonds is 6. The standard InChI is InChI=1S/C52H33BN2O2/c1-6-16-34(17-7-1)39-26-28-47-43(30-39)53-44-31-40(35-18-8-2-9-19-35)27-29-48(44)57-51-42(32-41(50(56-47)49(51)53)36-20-10-3-11-21-36)52-54-45(37-22-12-4-13-23-37)33-46(55-52)38-24-14-5-15-25-38/h1-33H. The Hall–Kier alpha value is -7.50. The summed E-state index contributed by atoms with van der Waals surface area (Å²) in [5.41, 5.74) is 14.2. The number of benzene rings is 8. The van der Waals surface area contributed by atoms with E-state index in [1.54, 1.807) is 0 Å². The summed E-state index contributed by atoms with van der Waals surface area (Å²) < 4.78 is 14.2. The predicted molar refractivity (Wildman–Crippen MR) is 232 cm³/mol. The van der Waals surface area contributed by atoms with E-state index < -0.39 is 0 Å². The lowest BCUT2D eigenvalue weighted by molar-refractivity contribution is 0.466. The number of nitrogens with zero attached hydrogens (tertiary/aromatic N) is 2. The summed E-state index contributed by atoms with van der Waals surface area (Å²) in [6.07, 6.45) is 0. The van der Waals surface area contributed by atoms with Crippen molar-refractivity contribution in [3.63, 3.8) is 0 Å². The Balaban J connectivity index is 1.21. The van der Waals surface area contributed by atoms with Gasteiger partial charge >= 0.3 is 0 Å². The van der Waals surface area contributed by atoms with Crippen LogP contribution in [0.15, 0.2) is 200 Å². The summed E-state index contributed by atoms with van der Waals surface area (Å²) in [4.78, 5) is 10.6. The molecule has 2 aliphatic heterocycles. The van der Waals surface area contributed by atoms with Gasteiger partial charge < -0.3 is 9.47 Å². The molecule has 5 heteroatoms. The summed E-state index contributed by atoms with van der Waals surface area (Å²) in [6, 6.07) is 69.5. The Morgan fingerprint density at radius 1 is 0.333 bits per heavy atom. The van der Waals surface area contributed by atoms with E-state index in [4.69, 9.17) is 19.4 Å². The molecule has 0 N–H and O–H groups in total. The second-order valence-electron chi connectivity index (χ2n) is 14.5. The maximum absolute atomic E-state index is 7.15. The van der Waals surface area contributed by atoms with Gasteiger partial charge in [0, 0.05) is 22.2 Å². The minimum Gasteiger partial charge on any atom is -0.458 e. The third-order valence-corrected chi connectivity index (χ3v) is 11.0. The Labute approximate surface area is 331 Å². The van der Waals surface area contributed by atoms with Gasteiger partial charge in [0.15, 0.2) is 5.82 Å². The molecule has 266 valence electrons. The van der Waals surface area contributed by atoms with Crippen molar-refractivity contribution < 1.29 is 9.47 Å². The summed E-state index contributed by atoms with van der Waals surface area (Å²) in [7, 11) is 0. The van der Waals surface area contributed by atoms with Gasteiger partial charge in [0.2, 0.25) is 0 Å². The Kier molecular flexibility index (Phi) is 7.89. The number of fused-ring (bicyclic) bond motifs is 4. The highest BCUT2D eigenvalue weighted by Gasteiger charge is 2.43. The molecule has 0 saturated heterocycles. The van der Waals surface area contributed by atoms with Crippen molar-refractivity contribution in [1.29, 1.82) is 0 Å². The van der Waals surface area contributed by atoms with Gasteiger partial charge in [0.25, 0.3) is 6.71 Å². The van der Waals surface area contributed by atoms with Crippen molar-refractivity contribution in [1.82, 2.24) is 9.97 Å². The number of aromatic nitrogens is 2. The van der Waals surface area contributed by atoms with E-state index in [9.17, 15) is 0 Å². The van der Waals surface area contributed by atoms with Gasteiger partial charge in [0.05, 0.1) is 17.0 Å². The van der Waals surface area contributed by atoms with Crippen molar-refractivity contribution >= 4 is 23.1 Å². The maximum atomic E-state index is 7.15. The molecule has 3 heterocycles. The molecule has 1 aromatic heterocycles. The van der Waals surface area contributed by atoms with Gasteiger partial charge in [-0.3, -0.25) is 0 Å². The van der Waals surface area contributed by atoms with Gasteiger partial charge in [-0.05, 0) is 63.0 Å². The molecule has 57 heavy (non-hydrogen) atoms. The van der Waals surface area contributed by atoms with Gasteiger partial charge in [0.1, 0.15) is 23.0 Å². The lowest BCUT2D eigenvalue weighted by atomic mass is 9.34. The molecule has 0 fully saturated rings. The van der Waals surface area contributed by atoms with Crippen LogP contribution in [0.1, 0.15) is 0 Å². The molecular formula is C52H33BN2O2. The average molecular weight is 729 g/mol. The molecule has 0 aliphatic carbocycles. The Morgan fingerprint density at radius 3 is 1.19 bits per heavy atom. The van der Waals surface area contributed by atoms with E-state index in [0.29, 0.717) is 11.6 Å². The monoisotopic (exact) mass is 728 g/mol. The third kappa shape index (κ3) is 5.80. The van der Waals surface area contributed by atoms with E-state index in [1.165, 1.54) is 0 Å². The molecular weight excluding hydrogens is 695 g/mol. The number of hydrogen-bond acceptors (Lipinski definition) is 4. The molecule has 9 aromatic rings. The zero-order valence-electron chi connectivity index (χ0n) is 30.8. The summed E-state index contributed by atoms with van der Waals surface area (Å²) >= 11 is 0. The minimum atomic E-state index is -0.205. The average Bonchev–Trinajstić information content (AvgIpc) is 3.30. The van der Waals surface area contributed by atoms with E-state index in [1.807, 2.05) is 42.5 Å². The molecule has 11 rings (SSSR count). The van der Waals surface area contributed by atoms with E-state index in [-0.39, 0.29) is 6.71 Å². The fourth-order valence-electron chi connectivity index (χ4n) is 8.28. The fraction of sp³-hybridized carbons (Fsp3) is 0. The van der Waals surface area contributed by atoms with Crippen molar-refractivity contribution in [3.05, 3.63) is 200 Å². The molecule has 0 saturated carbocycles. The first-order valence-electron chi connectivity index (χ1n) is 19.3. The van der Waals surface area contributed by atoms with Crippen LogP contribution in [-0.2, 0) is 0 Å². The Bertz CT molecular complexity index is 2830. The van der Waals surface area contributed by atoms with Crippen LogP contribution in [0.25, 0.3) is 67.3 Å². The van der Waals surface area contributed by atoms with Crippen LogP contribution in [0.3, 0.4) is 0 Å². The molecule has 0 spiro atoms. The SMILES string of the molecule is c1ccc(-c2ccc3c(c2)B2c4cc(-c5ccccc5)ccc4Oc4c(-c5nc(-c6ccccc6)cc(-c6ccccc6)n5)cc(-c5ccccc5)c(c42)O3)cc1. The van der Waals surface area contributed by atoms with Crippen molar-refractivity contribution in [2.75, 3.05) is 0 Å². The molecule has 0 radical (unpaired) electrons. The number of hydrogen-bond donors (Lipinski definition) is 0. The zero-order valence-corrected chi connectivity index (χ0v) is 30.8. The summed E-state index contributed by atoms with van der Waals surface area (Å²) in [6.45, 7) is -0.205. The van der Waals surface area contributed by atoms with E-state index >= 15 is 0 Å². The lowest BCUT2D eigenvalue weighted by Gasteiger charge is -2.35. The summed E-state index contributed by atoms with van der Waals surface area (Å²) in [5, 5.41) is 0. The van der Waals surface area contributed by atoms with Gasteiger partial charge in [-0.25, -0.2) is 9.97 Å². The smallest absolute Gasteiger partial charge is 0.260 e. The number of ether oxygens (including phenoxy) is 2. The highest BCUT2D eigenvalue weighted by atomic mass is 16.5. The summed E-state index contributed by atoms with van der Waals surface area (Å²) in [5.74, 6) is 3.69. The van der Waals surface area contributed by atoms with Crippen molar-refractivity contribution in [2.45, 2.75) is 0 Å². The molecule has 0 unspecified atom stereocenters. The lowest BCUT2D eigenvalue weighted by Crippen LogP contribution is -2.57. The van der Waals surface area contributed by atoms with Crippen LogP contribution < -0.4 is 25.9 Å². The Morgan fingerprint density at radius 2 is 0.737 bits per heavy atom.